The van der Waals surface area contributed by atoms with Gasteiger partial charge in [-0.15, -0.1) is 0 Å². The fourth-order valence-electron chi connectivity index (χ4n) is 3.30. The highest BCUT2D eigenvalue weighted by Gasteiger charge is 2.12. The lowest BCUT2D eigenvalue weighted by molar-refractivity contribution is 0.291. The third-order valence-corrected chi connectivity index (χ3v) is 4.76. The summed E-state index contributed by atoms with van der Waals surface area (Å²) in [4.78, 5) is 4.35. The number of pyridine rings is 1. The summed E-state index contributed by atoms with van der Waals surface area (Å²) in [6, 6.07) is 17.6. The maximum atomic E-state index is 13.9. The molecule has 0 fully saturated rings. The number of halogens is 1. The number of anilines is 1. The quantitative estimate of drug-likeness (QED) is 0.314. The number of rotatable bonds is 8. The van der Waals surface area contributed by atoms with Gasteiger partial charge in [-0.25, -0.2) is 0 Å². The van der Waals surface area contributed by atoms with Crippen molar-refractivity contribution in [2.45, 2.75) is 19.9 Å². The molecular formula is C24H28FN5O. The highest BCUT2D eigenvalue weighted by atomic mass is 19.1. The molecule has 2 heterocycles. The van der Waals surface area contributed by atoms with Crippen molar-refractivity contribution in [1.29, 1.82) is 0 Å². The van der Waals surface area contributed by atoms with E-state index in [4.69, 9.17) is 5.11 Å². The Balaban J connectivity index is 0.00000132. The van der Waals surface area contributed by atoms with E-state index >= 15 is 0 Å². The molecule has 0 spiro atoms. The Hall–Kier alpha value is -3.29. The number of benzene rings is 2. The average Bonchev–Trinajstić information content (AvgIpc) is 3.21. The molecule has 1 unspecified atom stereocenters. The van der Waals surface area contributed by atoms with Crippen LogP contribution in [0.15, 0.2) is 67.0 Å². The zero-order valence-corrected chi connectivity index (χ0v) is 17.8. The van der Waals surface area contributed by atoms with Gasteiger partial charge in [0.25, 0.3) is 0 Å². The summed E-state index contributed by atoms with van der Waals surface area (Å²) in [7, 11) is 0. The van der Waals surface area contributed by atoms with Gasteiger partial charge in [-0.1, -0.05) is 50.2 Å². The Labute approximate surface area is 181 Å². The molecule has 4 rings (SSSR count). The molecule has 2 aromatic heterocycles. The number of hydrogen-bond donors (Lipinski definition) is 4. The standard InChI is InChI=1S/C22H22FN5O.C2H6/c23-22-19-11-16(6-7-20(19)27-28-22)17-10-18(13-25-12-17)26-21(14-24-8-9-29)15-4-2-1-3-5-15;1-2/h1-7,10-13,21,24,26,29H,8-9,14H2,(H,27,28);1-2H3. The second kappa shape index (κ2) is 11.2. The summed E-state index contributed by atoms with van der Waals surface area (Å²) >= 11 is 0. The first-order valence-corrected chi connectivity index (χ1v) is 10.5. The summed E-state index contributed by atoms with van der Waals surface area (Å²) in [5.74, 6) is -0.441. The maximum absolute atomic E-state index is 13.9. The van der Waals surface area contributed by atoms with Gasteiger partial charge in [0.1, 0.15) is 0 Å². The topological polar surface area (TPSA) is 85.9 Å². The van der Waals surface area contributed by atoms with Crippen LogP contribution in [0.4, 0.5) is 10.1 Å². The molecule has 0 radical (unpaired) electrons. The van der Waals surface area contributed by atoms with Crippen molar-refractivity contribution in [1.82, 2.24) is 20.5 Å². The van der Waals surface area contributed by atoms with Crippen LogP contribution in [-0.2, 0) is 0 Å². The number of H-pyrrole nitrogens is 1. The molecule has 0 aliphatic heterocycles. The van der Waals surface area contributed by atoms with Crippen molar-refractivity contribution < 1.29 is 9.50 Å². The summed E-state index contributed by atoms with van der Waals surface area (Å²) in [6.07, 6.45) is 3.52. The largest absolute Gasteiger partial charge is 0.395 e. The van der Waals surface area contributed by atoms with Gasteiger partial charge >= 0.3 is 0 Å². The van der Waals surface area contributed by atoms with Crippen LogP contribution in [0.2, 0.25) is 0 Å². The average molecular weight is 422 g/mol. The van der Waals surface area contributed by atoms with Gasteiger partial charge < -0.3 is 15.7 Å². The van der Waals surface area contributed by atoms with Gasteiger partial charge in [-0.3, -0.25) is 10.1 Å². The Kier molecular flexibility index (Phi) is 8.09. The van der Waals surface area contributed by atoms with Crippen LogP contribution in [0.25, 0.3) is 22.0 Å². The van der Waals surface area contributed by atoms with Gasteiger partial charge in [-0.05, 0) is 29.3 Å². The molecule has 0 bridgehead atoms. The first-order valence-electron chi connectivity index (χ1n) is 10.5. The smallest absolute Gasteiger partial charge is 0.216 e. The van der Waals surface area contributed by atoms with Crippen LogP contribution in [0.5, 0.6) is 0 Å². The number of aliphatic hydroxyl groups is 1. The Morgan fingerprint density at radius 1 is 1.03 bits per heavy atom. The molecule has 6 nitrogen and oxygen atoms in total. The molecule has 2 aromatic carbocycles. The third kappa shape index (κ3) is 5.65. The Morgan fingerprint density at radius 3 is 2.61 bits per heavy atom. The number of fused-ring (bicyclic) bond motifs is 1. The summed E-state index contributed by atoms with van der Waals surface area (Å²) in [6.45, 7) is 5.27. The van der Waals surface area contributed by atoms with Crippen LogP contribution < -0.4 is 10.6 Å². The summed E-state index contributed by atoms with van der Waals surface area (Å²) < 4.78 is 13.9. The lowest BCUT2D eigenvalue weighted by atomic mass is 10.0. The first kappa shape index (κ1) is 22.4. The van der Waals surface area contributed by atoms with Gasteiger partial charge in [0.2, 0.25) is 5.95 Å². The predicted octanol–water partition coefficient (Wildman–Crippen LogP) is 4.53. The highest BCUT2D eigenvalue weighted by Crippen LogP contribution is 2.27. The minimum Gasteiger partial charge on any atom is -0.395 e. The molecule has 1 atom stereocenters. The van der Waals surface area contributed by atoms with E-state index in [0.717, 1.165) is 22.4 Å². The molecule has 4 N–H and O–H groups in total. The van der Waals surface area contributed by atoms with Crippen molar-refractivity contribution in [3.63, 3.8) is 0 Å². The SMILES string of the molecule is CC.OCCNCC(Nc1cncc(-c2ccc3n[nH]c(F)c3c2)c1)c1ccccc1. The van der Waals surface area contributed by atoms with E-state index in [1.165, 1.54) is 0 Å². The second-order valence-electron chi connectivity index (χ2n) is 6.77. The number of nitrogens with zero attached hydrogens (tertiary/aromatic N) is 2. The normalized spacial score (nSPS) is 11.6. The molecule has 4 aromatic rings. The fourth-order valence-corrected chi connectivity index (χ4v) is 3.30. The van der Waals surface area contributed by atoms with E-state index in [-0.39, 0.29) is 12.6 Å². The Bertz CT molecular complexity index is 1080. The van der Waals surface area contributed by atoms with Crippen LogP contribution in [0.3, 0.4) is 0 Å². The third-order valence-electron chi connectivity index (χ3n) is 4.76. The molecule has 7 heteroatoms. The number of aromatic nitrogens is 3. The van der Waals surface area contributed by atoms with E-state index in [2.05, 4.69) is 37.9 Å². The van der Waals surface area contributed by atoms with E-state index in [1.807, 2.05) is 44.2 Å². The Morgan fingerprint density at radius 2 is 1.84 bits per heavy atom. The van der Waals surface area contributed by atoms with Gasteiger partial charge in [0.15, 0.2) is 0 Å². The lowest BCUT2D eigenvalue weighted by Gasteiger charge is -2.21. The first-order chi connectivity index (χ1) is 15.2. The van der Waals surface area contributed by atoms with Crippen LogP contribution >= 0.6 is 0 Å². The van der Waals surface area contributed by atoms with E-state index in [1.54, 1.807) is 24.5 Å². The van der Waals surface area contributed by atoms with E-state index in [0.29, 0.717) is 24.0 Å². The van der Waals surface area contributed by atoms with Crippen LogP contribution in [0, 0.1) is 5.95 Å². The summed E-state index contributed by atoms with van der Waals surface area (Å²) in [5.41, 5.74) is 4.32. The molecule has 0 saturated heterocycles. The molecular weight excluding hydrogens is 393 g/mol. The number of hydrogen-bond acceptors (Lipinski definition) is 5. The number of nitrogens with one attached hydrogen (secondary N) is 3. The van der Waals surface area contributed by atoms with Gasteiger partial charge in [0.05, 0.1) is 29.2 Å². The molecule has 0 aliphatic rings. The van der Waals surface area contributed by atoms with Crippen molar-refractivity contribution in [2.24, 2.45) is 0 Å². The fraction of sp³-hybridized carbons (Fsp3) is 0.250. The minimum absolute atomic E-state index is 0.00796. The zero-order chi connectivity index (χ0) is 22.1. The van der Waals surface area contributed by atoms with Crippen LogP contribution in [-0.4, -0.2) is 40.0 Å². The van der Waals surface area contributed by atoms with E-state index in [9.17, 15) is 4.39 Å². The van der Waals surface area contributed by atoms with Gasteiger partial charge in [-0.2, -0.15) is 9.49 Å². The number of aliphatic hydroxyl groups excluding tert-OH is 1. The van der Waals surface area contributed by atoms with Crippen molar-refractivity contribution in [3.8, 4) is 11.1 Å². The van der Waals surface area contributed by atoms with Crippen LogP contribution in [0.1, 0.15) is 25.5 Å². The predicted molar refractivity (Wildman–Crippen MR) is 123 cm³/mol. The highest BCUT2D eigenvalue weighted by molar-refractivity contribution is 5.84. The monoisotopic (exact) mass is 421 g/mol. The minimum atomic E-state index is -0.441. The van der Waals surface area contributed by atoms with Crippen molar-refractivity contribution in [2.75, 3.05) is 25.0 Å². The molecule has 0 aliphatic carbocycles. The van der Waals surface area contributed by atoms with Crippen molar-refractivity contribution in [3.05, 3.63) is 78.5 Å². The molecule has 0 saturated carbocycles. The maximum Gasteiger partial charge on any atom is 0.216 e. The lowest BCUT2D eigenvalue weighted by Crippen LogP contribution is -2.28. The van der Waals surface area contributed by atoms with E-state index < -0.39 is 5.95 Å². The second-order valence-corrected chi connectivity index (χ2v) is 6.77. The zero-order valence-electron chi connectivity index (χ0n) is 17.8. The molecule has 162 valence electrons. The van der Waals surface area contributed by atoms with Gasteiger partial charge in [0, 0.05) is 31.0 Å². The number of aromatic amines is 1. The summed E-state index contributed by atoms with van der Waals surface area (Å²) in [5, 5.41) is 22.5. The van der Waals surface area contributed by atoms with Crippen molar-refractivity contribution >= 4 is 16.6 Å². The molecule has 31 heavy (non-hydrogen) atoms. The molecule has 0 amide bonds.